The molecule has 0 aliphatic rings. The van der Waals surface area contributed by atoms with Crippen LogP contribution in [0.5, 0.6) is 0 Å². The maximum absolute atomic E-state index is 13.0. The molecule has 6 nitrogen and oxygen atoms in total. The van der Waals surface area contributed by atoms with Gasteiger partial charge < -0.3 is 4.52 Å². The first-order valence-corrected chi connectivity index (χ1v) is 7.23. The van der Waals surface area contributed by atoms with Gasteiger partial charge in [-0.3, -0.25) is 9.36 Å². The van der Waals surface area contributed by atoms with Crippen molar-refractivity contribution in [2.75, 3.05) is 0 Å². The van der Waals surface area contributed by atoms with Gasteiger partial charge in [0, 0.05) is 5.56 Å². The van der Waals surface area contributed by atoms with Crippen LogP contribution in [0.25, 0.3) is 22.4 Å². The fourth-order valence-electron chi connectivity index (χ4n) is 2.40. The zero-order valence-electron chi connectivity index (χ0n) is 12.4. The third kappa shape index (κ3) is 2.56. The molecular weight excluding hydrogens is 311 g/mol. The maximum atomic E-state index is 13.0. The number of nitrogens with zero attached hydrogens (tertiary/aromatic N) is 4. The van der Waals surface area contributed by atoms with Crippen LogP contribution in [0.15, 0.2) is 64.2 Å². The molecule has 0 N–H and O–H groups in total. The highest BCUT2D eigenvalue weighted by atomic mass is 19.1. The Kier molecular flexibility index (Phi) is 3.38. The Balaban J connectivity index is 1.66. The van der Waals surface area contributed by atoms with Gasteiger partial charge in [-0.25, -0.2) is 9.37 Å². The Labute approximate surface area is 135 Å². The van der Waals surface area contributed by atoms with Gasteiger partial charge in [-0.1, -0.05) is 17.3 Å². The van der Waals surface area contributed by atoms with Gasteiger partial charge in [0.2, 0.25) is 0 Å². The number of aromatic nitrogens is 4. The molecule has 4 rings (SSSR count). The van der Waals surface area contributed by atoms with E-state index >= 15 is 0 Å². The van der Waals surface area contributed by atoms with Gasteiger partial charge >= 0.3 is 0 Å². The van der Waals surface area contributed by atoms with Crippen LogP contribution in [0.1, 0.15) is 5.82 Å². The van der Waals surface area contributed by atoms with E-state index in [4.69, 9.17) is 4.52 Å². The Morgan fingerprint density at radius 2 is 1.88 bits per heavy atom. The molecule has 118 valence electrons. The average Bonchev–Trinajstić information content (AvgIpc) is 3.07. The number of halogens is 1. The summed E-state index contributed by atoms with van der Waals surface area (Å²) in [6, 6.07) is 12.9. The summed E-state index contributed by atoms with van der Waals surface area (Å²) in [5.41, 5.74) is 1.08. The number of rotatable bonds is 3. The second-order valence-corrected chi connectivity index (χ2v) is 5.22. The molecule has 0 aliphatic heterocycles. The predicted octanol–water partition coefficient (Wildman–Crippen LogP) is 2.63. The van der Waals surface area contributed by atoms with E-state index in [0.717, 1.165) is 0 Å². The molecule has 2 aromatic heterocycles. The lowest BCUT2D eigenvalue weighted by Gasteiger charge is -2.03. The fraction of sp³-hybridized carbons (Fsp3) is 0.0588. The van der Waals surface area contributed by atoms with Gasteiger partial charge in [0.1, 0.15) is 5.82 Å². The molecule has 2 heterocycles. The summed E-state index contributed by atoms with van der Waals surface area (Å²) < 4.78 is 19.5. The second-order valence-electron chi connectivity index (χ2n) is 5.22. The minimum absolute atomic E-state index is 0.140. The van der Waals surface area contributed by atoms with E-state index in [-0.39, 0.29) is 23.8 Å². The van der Waals surface area contributed by atoms with Crippen molar-refractivity contribution in [3.05, 3.63) is 76.9 Å². The highest BCUT2D eigenvalue weighted by molar-refractivity contribution is 5.76. The molecule has 0 spiro atoms. The van der Waals surface area contributed by atoms with E-state index in [1.165, 1.54) is 23.0 Å². The number of hydrogen-bond donors (Lipinski definition) is 0. The fourth-order valence-corrected chi connectivity index (χ4v) is 2.40. The highest BCUT2D eigenvalue weighted by Crippen LogP contribution is 2.17. The first-order valence-electron chi connectivity index (χ1n) is 7.23. The van der Waals surface area contributed by atoms with E-state index in [9.17, 15) is 9.18 Å². The topological polar surface area (TPSA) is 73.8 Å². The molecule has 0 unspecified atom stereocenters. The van der Waals surface area contributed by atoms with E-state index < -0.39 is 0 Å². The summed E-state index contributed by atoms with van der Waals surface area (Å²) in [6.45, 7) is 0.140. The lowest BCUT2D eigenvalue weighted by atomic mass is 10.2. The predicted molar refractivity (Wildman–Crippen MR) is 84.8 cm³/mol. The van der Waals surface area contributed by atoms with Gasteiger partial charge in [0.15, 0.2) is 5.82 Å². The van der Waals surface area contributed by atoms with Crippen molar-refractivity contribution in [2.24, 2.45) is 0 Å². The van der Waals surface area contributed by atoms with Crippen molar-refractivity contribution in [3.63, 3.8) is 0 Å². The minimum Gasteiger partial charge on any atom is -0.334 e. The van der Waals surface area contributed by atoms with E-state index in [0.29, 0.717) is 22.3 Å². The minimum atomic E-state index is -0.340. The van der Waals surface area contributed by atoms with Crippen molar-refractivity contribution >= 4 is 10.9 Å². The Hall–Kier alpha value is -3.35. The van der Waals surface area contributed by atoms with Crippen molar-refractivity contribution in [1.82, 2.24) is 19.7 Å². The summed E-state index contributed by atoms with van der Waals surface area (Å²) in [5, 5.41) is 4.39. The molecule has 0 saturated heterocycles. The zero-order chi connectivity index (χ0) is 16.5. The number of benzene rings is 2. The van der Waals surface area contributed by atoms with Crippen molar-refractivity contribution in [3.8, 4) is 11.5 Å². The average molecular weight is 322 g/mol. The van der Waals surface area contributed by atoms with Crippen LogP contribution in [-0.2, 0) is 6.54 Å². The molecular formula is C17H11FN4O2. The maximum Gasteiger partial charge on any atom is 0.261 e. The Morgan fingerprint density at radius 3 is 2.71 bits per heavy atom. The normalized spacial score (nSPS) is 11.0. The molecule has 2 aromatic carbocycles. The third-order valence-corrected chi connectivity index (χ3v) is 3.60. The van der Waals surface area contributed by atoms with Crippen LogP contribution in [0.2, 0.25) is 0 Å². The Bertz CT molecular complexity index is 1070. The van der Waals surface area contributed by atoms with Crippen molar-refractivity contribution in [2.45, 2.75) is 6.54 Å². The number of fused-ring (bicyclic) bond motifs is 1. The summed E-state index contributed by atoms with van der Waals surface area (Å²) in [5.74, 6) is 0.271. The SMILES string of the molecule is O=c1c2ccccc2ncn1Cc1noc(-c2ccc(F)cc2)n1. The zero-order valence-corrected chi connectivity index (χ0v) is 12.4. The van der Waals surface area contributed by atoms with E-state index in [1.807, 2.05) is 6.07 Å². The number of hydrogen-bond acceptors (Lipinski definition) is 5. The van der Waals surface area contributed by atoms with Gasteiger partial charge in [-0.15, -0.1) is 0 Å². The molecule has 7 heteroatoms. The quantitative estimate of drug-likeness (QED) is 0.580. The van der Waals surface area contributed by atoms with Gasteiger partial charge in [0.25, 0.3) is 11.4 Å². The van der Waals surface area contributed by atoms with Crippen LogP contribution in [0.3, 0.4) is 0 Å². The summed E-state index contributed by atoms with van der Waals surface area (Å²) in [6.07, 6.45) is 1.46. The second kappa shape index (κ2) is 5.69. The lowest BCUT2D eigenvalue weighted by molar-refractivity contribution is 0.420. The monoisotopic (exact) mass is 322 g/mol. The summed E-state index contributed by atoms with van der Waals surface area (Å²) in [4.78, 5) is 20.9. The van der Waals surface area contributed by atoms with Crippen LogP contribution in [0, 0.1) is 5.82 Å². The van der Waals surface area contributed by atoms with Crippen molar-refractivity contribution < 1.29 is 8.91 Å². The molecule has 0 fully saturated rings. The van der Waals surface area contributed by atoms with Gasteiger partial charge in [-0.05, 0) is 36.4 Å². The van der Waals surface area contributed by atoms with Crippen LogP contribution in [0.4, 0.5) is 4.39 Å². The van der Waals surface area contributed by atoms with Crippen LogP contribution in [-0.4, -0.2) is 19.7 Å². The van der Waals surface area contributed by atoms with Gasteiger partial charge in [0.05, 0.1) is 23.8 Å². The molecule has 24 heavy (non-hydrogen) atoms. The largest absolute Gasteiger partial charge is 0.334 e. The summed E-state index contributed by atoms with van der Waals surface area (Å²) >= 11 is 0. The lowest BCUT2D eigenvalue weighted by Crippen LogP contribution is -2.21. The molecule has 0 saturated carbocycles. The molecule has 0 amide bonds. The molecule has 0 bridgehead atoms. The molecule has 4 aromatic rings. The first kappa shape index (κ1) is 14.3. The standard InChI is InChI=1S/C17H11FN4O2/c18-12-7-5-11(6-8-12)16-20-15(21-24-16)9-22-10-19-14-4-2-1-3-13(14)17(22)23/h1-8,10H,9H2. The van der Waals surface area contributed by atoms with Crippen LogP contribution < -0.4 is 5.56 Å². The van der Waals surface area contributed by atoms with Gasteiger partial charge in [-0.2, -0.15) is 4.98 Å². The van der Waals surface area contributed by atoms with Crippen molar-refractivity contribution in [1.29, 1.82) is 0 Å². The molecule has 0 radical (unpaired) electrons. The number of para-hydroxylation sites is 1. The first-order chi connectivity index (χ1) is 11.7. The summed E-state index contributed by atoms with van der Waals surface area (Å²) in [7, 11) is 0. The third-order valence-electron chi connectivity index (χ3n) is 3.60. The Morgan fingerprint density at radius 1 is 1.08 bits per heavy atom. The van der Waals surface area contributed by atoms with E-state index in [1.54, 1.807) is 30.3 Å². The highest BCUT2D eigenvalue weighted by Gasteiger charge is 2.11. The van der Waals surface area contributed by atoms with Crippen LogP contribution >= 0.6 is 0 Å². The molecule has 0 aliphatic carbocycles. The molecule has 0 atom stereocenters. The smallest absolute Gasteiger partial charge is 0.261 e. The van der Waals surface area contributed by atoms with E-state index in [2.05, 4.69) is 15.1 Å².